The predicted octanol–water partition coefficient (Wildman–Crippen LogP) is 7.78. The van der Waals surface area contributed by atoms with Crippen molar-refractivity contribution in [1.82, 2.24) is 9.88 Å². The van der Waals surface area contributed by atoms with Gasteiger partial charge in [-0.05, 0) is 74.3 Å². The molecule has 2 amide bonds. The Morgan fingerprint density at radius 2 is 1.71 bits per heavy atom. The number of rotatable bonds is 6. The summed E-state index contributed by atoms with van der Waals surface area (Å²) >= 11 is 1.50. The first kappa shape index (κ1) is 29.2. The predicted molar refractivity (Wildman–Crippen MR) is 164 cm³/mol. The number of likely N-dealkylation sites (tertiary alicyclic amines) is 1. The number of nitrogens with one attached hydrogen (secondary N) is 2. The number of hydrogen-bond acceptors (Lipinski definition) is 5. The molecule has 2 aliphatic rings. The maximum Gasteiger partial charge on any atom is 0.257 e. The van der Waals surface area contributed by atoms with Gasteiger partial charge >= 0.3 is 0 Å². The summed E-state index contributed by atoms with van der Waals surface area (Å²) in [5.74, 6) is -1.59. The van der Waals surface area contributed by atoms with Crippen LogP contribution >= 0.6 is 11.3 Å². The second-order valence-corrected chi connectivity index (χ2v) is 13.5. The van der Waals surface area contributed by atoms with Crippen molar-refractivity contribution in [3.05, 3.63) is 75.5 Å². The van der Waals surface area contributed by atoms with Crippen molar-refractivity contribution in [2.75, 3.05) is 17.2 Å². The van der Waals surface area contributed by atoms with E-state index in [9.17, 15) is 14.0 Å². The van der Waals surface area contributed by atoms with Gasteiger partial charge in [-0.15, -0.1) is 11.3 Å². The third-order valence-corrected chi connectivity index (χ3v) is 9.85. The standard InChI is InChI=1S/C33H41FN4O2S/c1-20-10-8-14-26(34)27(20)31(40)38-19-9-13-25(30(39)37-32-35-21(2)29(41-32)33(3,4)5)28(38)22-15-17-24(18-16-22)36-23-11-6-7-12-23/h8,10,14-18,23,25,28,36H,6-7,9,11-13,19H2,1-5H3,(H,35,37,39)/t25-,28-/m0/s1. The SMILES string of the molecule is Cc1cccc(F)c1C(=O)N1CCC[C@H](C(=O)Nc2nc(C)c(C(C)(C)C)s2)[C@@H]1c1ccc(NC2CCCC2)cc1. The first-order chi connectivity index (χ1) is 19.5. The van der Waals surface area contributed by atoms with Crippen LogP contribution in [0.15, 0.2) is 42.5 Å². The van der Waals surface area contributed by atoms with Gasteiger partial charge < -0.3 is 15.5 Å². The average molecular weight is 577 g/mol. The van der Waals surface area contributed by atoms with Crippen molar-refractivity contribution >= 4 is 34.0 Å². The molecular weight excluding hydrogens is 535 g/mol. The Morgan fingerprint density at radius 1 is 1.00 bits per heavy atom. The molecule has 0 unspecified atom stereocenters. The molecule has 2 fully saturated rings. The third-order valence-electron chi connectivity index (χ3n) is 8.35. The van der Waals surface area contributed by atoms with Crippen LogP contribution < -0.4 is 10.6 Å². The smallest absolute Gasteiger partial charge is 0.257 e. The number of halogens is 1. The summed E-state index contributed by atoms with van der Waals surface area (Å²) in [5, 5.41) is 7.26. The van der Waals surface area contributed by atoms with Crippen LogP contribution in [0, 0.1) is 25.6 Å². The van der Waals surface area contributed by atoms with Crippen molar-refractivity contribution in [2.45, 2.75) is 90.6 Å². The Kier molecular flexibility index (Phi) is 8.50. The molecule has 1 saturated carbocycles. The summed E-state index contributed by atoms with van der Waals surface area (Å²) in [7, 11) is 0. The lowest BCUT2D eigenvalue weighted by atomic mass is 9.83. The molecule has 8 heteroatoms. The lowest BCUT2D eigenvalue weighted by molar-refractivity contribution is -0.123. The third kappa shape index (κ3) is 6.32. The van der Waals surface area contributed by atoms with Crippen LogP contribution in [0.1, 0.15) is 97.4 Å². The van der Waals surface area contributed by atoms with Crippen molar-refractivity contribution < 1.29 is 14.0 Å². The maximum absolute atomic E-state index is 15.0. The van der Waals surface area contributed by atoms with Gasteiger partial charge in [0.05, 0.1) is 23.2 Å². The fourth-order valence-electron chi connectivity index (χ4n) is 6.38. The first-order valence-electron chi connectivity index (χ1n) is 14.7. The van der Waals surface area contributed by atoms with Gasteiger partial charge in [-0.1, -0.05) is 57.9 Å². The lowest BCUT2D eigenvalue weighted by Gasteiger charge is -2.41. The van der Waals surface area contributed by atoms with E-state index < -0.39 is 17.8 Å². The molecular formula is C33H41FN4O2S. The number of carbonyl (C=O) groups excluding carboxylic acids is 2. The van der Waals surface area contributed by atoms with Crippen molar-refractivity contribution in [3.63, 3.8) is 0 Å². The summed E-state index contributed by atoms with van der Waals surface area (Å²) in [6.45, 7) is 10.6. The second-order valence-electron chi connectivity index (χ2n) is 12.5. The van der Waals surface area contributed by atoms with Gasteiger partial charge in [-0.2, -0.15) is 0 Å². The molecule has 2 atom stereocenters. The van der Waals surface area contributed by atoms with Gasteiger partial charge in [0.25, 0.3) is 5.91 Å². The number of aromatic nitrogens is 1. The lowest BCUT2D eigenvalue weighted by Crippen LogP contribution is -2.46. The van der Waals surface area contributed by atoms with E-state index in [1.54, 1.807) is 24.0 Å². The van der Waals surface area contributed by atoms with Crippen molar-refractivity contribution in [2.24, 2.45) is 5.92 Å². The maximum atomic E-state index is 15.0. The van der Waals surface area contributed by atoms with Crippen LogP contribution in [-0.4, -0.2) is 34.3 Å². The quantitative estimate of drug-likeness (QED) is 0.314. The number of benzene rings is 2. The molecule has 1 aliphatic carbocycles. The van der Waals surface area contributed by atoms with Gasteiger partial charge in [0.15, 0.2) is 5.13 Å². The molecule has 5 rings (SSSR count). The molecule has 6 nitrogen and oxygen atoms in total. The molecule has 2 aromatic carbocycles. The highest BCUT2D eigenvalue weighted by molar-refractivity contribution is 7.16. The Labute approximate surface area is 246 Å². The van der Waals surface area contributed by atoms with Crippen LogP contribution in [-0.2, 0) is 10.2 Å². The topological polar surface area (TPSA) is 74.3 Å². The van der Waals surface area contributed by atoms with Gasteiger partial charge in [-0.25, -0.2) is 9.37 Å². The summed E-state index contributed by atoms with van der Waals surface area (Å²) in [6.07, 6.45) is 6.11. The fraction of sp³-hybridized carbons (Fsp3) is 0.485. The van der Waals surface area contributed by atoms with Crippen LogP contribution in [0.5, 0.6) is 0 Å². The Bertz CT molecular complexity index is 1390. The van der Waals surface area contributed by atoms with E-state index in [2.05, 4.69) is 36.4 Å². The average Bonchev–Trinajstić information content (AvgIpc) is 3.57. The second kappa shape index (κ2) is 11.9. The molecule has 1 aliphatic heterocycles. The first-order valence-corrected chi connectivity index (χ1v) is 15.6. The van der Waals surface area contributed by atoms with Crippen molar-refractivity contribution in [1.29, 1.82) is 0 Å². The minimum atomic E-state index is -0.538. The number of nitrogens with zero attached hydrogens (tertiary/aromatic N) is 2. The molecule has 0 bridgehead atoms. The van der Waals surface area contributed by atoms with Gasteiger partial charge in [0.2, 0.25) is 5.91 Å². The van der Waals surface area contributed by atoms with E-state index in [0.29, 0.717) is 36.1 Å². The zero-order chi connectivity index (χ0) is 29.3. The zero-order valence-corrected chi connectivity index (χ0v) is 25.5. The number of piperidine rings is 1. The van der Waals surface area contributed by atoms with Crippen LogP contribution in [0.4, 0.5) is 15.2 Å². The highest BCUT2D eigenvalue weighted by atomic mass is 32.1. The summed E-state index contributed by atoms with van der Waals surface area (Å²) in [4.78, 5) is 35.3. The summed E-state index contributed by atoms with van der Waals surface area (Å²) in [5.41, 5.74) is 3.40. The number of thiazole rings is 1. The monoisotopic (exact) mass is 576 g/mol. The highest BCUT2D eigenvalue weighted by Gasteiger charge is 2.41. The van der Waals surface area contributed by atoms with Crippen LogP contribution in [0.25, 0.3) is 0 Å². The minimum absolute atomic E-state index is 0.0726. The number of amides is 2. The highest BCUT2D eigenvalue weighted by Crippen LogP contribution is 2.40. The number of carbonyl (C=O) groups is 2. The number of aryl methyl sites for hydroxylation is 2. The largest absolute Gasteiger partial charge is 0.382 e. The molecule has 218 valence electrons. The molecule has 1 aromatic heterocycles. The molecule has 0 spiro atoms. The summed E-state index contributed by atoms with van der Waals surface area (Å²) < 4.78 is 15.0. The molecule has 2 heterocycles. The van der Waals surface area contributed by atoms with E-state index in [0.717, 1.165) is 21.8 Å². The molecule has 0 radical (unpaired) electrons. The Morgan fingerprint density at radius 3 is 2.34 bits per heavy atom. The van der Waals surface area contributed by atoms with Gasteiger partial charge in [0, 0.05) is 23.2 Å². The zero-order valence-electron chi connectivity index (χ0n) is 24.7. The molecule has 2 N–H and O–H groups in total. The van der Waals surface area contributed by atoms with Gasteiger partial charge in [0.1, 0.15) is 5.82 Å². The van der Waals surface area contributed by atoms with Crippen LogP contribution in [0.2, 0.25) is 0 Å². The van der Waals surface area contributed by atoms with Crippen molar-refractivity contribution in [3.8, 4) is 0 Å². The normalized spacial score (nSPS) is 19.8. The van der Waals surface area contributed by atoms with E-state index in [1.807, 2.05) is 31.2 Å². The van der Waals surface area contributed by atoms with E-state index in [1.165, 1.54) is 43.1 Å². The van der Waals surface area contributed by atoms with E-state index >= 15 is 0 Å². The van der Waals surface area contributed by atoms with E-state index in [4.69, 9.17) is 0 Å². The molecule has 3 aromatic rings. The van der Waals surface area contributed by atoms with Gasteiger partial charge in [-0.3, -0.25) is 9.59 Å². The minimum Gasteiger partial charge on any atom is -0.382 e. The number of anilines is 2. The Hall–Kier alpha value is -3.26. The number of hydrogen-bond donors (Lipinski definition) is 2. The van der Waals surface area contributed by atoms with E-state index in [-0.39, 0.29) is 22.8 Å². The summed E-state index contributed by atoms with van der Waals surface area (Å²) in [6, 6.07) is 12.7. The molecule has 1 saturated heterocycles. The van der Waals surface area contributed by atoms with Crippen LogP contribution in [0.3, 0.4) is 0 Å². The molecule has 41 heavy (non-hydrogen) atoms. The fourth-order valence-corrected chi connectivity index (χ4v) is 7.41. The Balaban J connectivity index is 1.47.